The van der Waals surface area contributed by atoms with E-state index in [9.17, 15) is 0 Å². The predicted octanol–water partition coefficient (Wildman–Crippen LogP) is 7.56. The van der Waals surface area contributed by atoms with Crippen molar-refractivity contribution in [2.24, 2.45) is 22.7 Å². The molecule has 0 saturated heterocycles. The molecule has 0 aliphatic heterocycles. The molecule has 1 nitrogen and oxygen atoms in total. The van der Waals surface area contributed by atoms with E-state index in [0.29, 0.717) is 16.7 Å². The molecule has 6 rings (SSSR count). The molecular weight excluding hydrogens is 384 g/mol. The minimum Gasteiger partial charge on any atom is -0.457 e. The van der Waals surface area contributed by atoms with Crippen molar-refractivity contribution < 1.29 is 4.74 Å². The first-order chi connectivity index (χ1) is 12.4. The van der Waals surface area contributed by atoms with E-state index in [2.05, 4.69) is 54.0 Å². The lowest BCUT2D eigenvalue weighted by Crippen LogP contribution is -2.54. The second-order valence-corrected chi connectivity index (χ2v) is 10.6. The topological polar surface area (TPSA) is 9.23 Å². The predicted molar refractivity (Wildman–Crippen MR) is 110 cm³/mol. The summed E-state index contributed by atoms with van der Waals surface area (Å²) in [5.41, 5.74) is 2.51. The highest BCUT2D eigenvalue weighted by molar-refractivity contribution is 9.10. The minimum atomic E-state index is 0.493. The van der Waals surface area contributed by atoms with Gasteiger partial charge in [0.1, 0.15) is 11.5 Å². The van der Waals surface area contributed by atoms with Crippen molar-refractivity contribution in [2.75, 3.05) is 0 Å². The van der Waals surface area contributed by atoms with Crippen LogP contribution in [0.5, 0.6) is 11.5 Å². The molecule has 26 heavy (non-hydrogen) atoms. The Morgan fingerprint density at radius 3 is 1.73 bits per heavy atom. The molecule has 0 amide bonds. The van der Waals surface area contributed by atoms with Crippen molar-refractivity contribution >= 4 is 15.9 Å². The molecule has 0 spiro atoms. The normalized spacial score (nSPS) is 37.7. The van der Waals surface area contributed by atoms with Crippen LogP contribution in [0.4, 0.5) is 0 Å². The first-order valence-corrected chi connectivity index (χ1v) is 10.8. The zero-order valence-electron chi connectivity index (χ0n) is 15.7. The number of rotatable bonds is 3. The van der Waals surface area contributed by atoms with Gasteiger partial charge < -0.3 is 4.74 Å². The van der Waals surface area contributed by atoms with E-state index in [-0.39, 0.29) is 0 Å². The summed E-state index contributed by atoms with van der Waals surface area (Å²) in [4.78, 5) is 0. The van der Waals surface area contributed by atoms with Crippen LogP contribution in [-0.4, -0.2) is 0 Å². The van der Waals surface area contributed by atoms with Gasteiger partial charge in [0, 0.05) is 4.47 Å². The van der Waals surface area contributed by atoms with Crippen LogP contribution in [-0.2, 0) is 0 Å². The zero-order chi connectivity index (χ0) is 17.9. The molecule has 0 aromatic heterocycles. The SMILES string of the molecule is CC12CC3CC(C1)CC(C)(C3)C2c1ccc(Oc2ccc(Br)cc2)cc1. The van der Waals surface area contributed by atoms with Gasteiger partial charge in [0.05, 0.1) is 0 Å². The number of ether oxygens (including phenoxy) is 1. The van der Waals surface area contributed by atoms with E-state index in [1.54, 1.807) is 0 Å². The molecule has 4 aliphatic carbocycles. The Hall–Kier alpha value is -1.28. The summed E-state index contributed by atoms with van der Waals surface area (Å²) in [5, 5.41) is 0. The van der Waals surface area contributed by atoms with Crippen molar-refractivity contribution in [2.45, 2.75) is 51.9 Å². The molecule has 2 aromatic carbocycles. The third kappa shape index (κ3) is 2.72. The fraction of sp³-hybridized carbons (Fsp3) is 0.500. The molecule has 4 saturated carbocycles. The molecule has 0 heterocycles. The average Bonchev–Trinajstić information content (AvgIpc) is 2.56. The molecular formula is C24H27BrO. The third-order valence-electron chi connectivity index (χ3n) is 7.34. The van der Waals surface area contributed by atoms with E-state index in [1.165, 1.54) is 37.7 Å². The lowest BCUT2D eigenvalue weighted by Gasteiger charge is -2.65. The van der Waals surface area contributed by atoms with Crippen LogP contribution in [0.15, 0.2) is 53.0 Å². The largest absolute Gasteiger partial charge is 0.457 e. The maximum atomic E-state index is 6.02. The van der Waals surface area contributed by atoms with Gasteiger partial charge in [-0.2, -0.15) is 0 Å². The molecule has 0 N–H and O–H groups in total. The van der Waals surface area contributed by atoms with Crippen LogP contribution in [0.25, 0.3) is 0 Å². The molecule has 4 aliphatic rings. The standard InChI is InChI=1S/C24H27BrO/c1-23-12-16-11-17(13-23)15-24(2,14-16)22(23)18-3-7-20(8-4-18)26-21-9-5-19(25)6-10-21/h3-10,16-17,22H,11-15H2,1-2H3. The van der Waals surface area contributed by atoms with Crippen molar-refractivity contribution in [3.63, 3.8) is 0 Å². The van der Waals surface area contributed by atoms with Crippen molar-refractivity contribution in [1.29, 1.82) is 0 Å². The Kier molecular flexibility index (Phi) is 3.80. The van der Waals surface area contributed by atoms with Crippen molar-refractivity contribution in [3.8, 4) is 11.5 Å². The van der Waals surface area contributed by atoms with Crippen molar-refractivity contribution in [1.82, 2.24) is 0 Å². The van der Waals surface area contributed by atoms with E-state index in [1.807, 2.05) is 24.3 Å². The highest BCUT2D eigenvalue weighted by Gasteiger charge is 2.60. The minimum absolute atomic E-state index is 0.493. The van der Waals surface area contributed by atoms with Gasteiger partial charge >= 0.3 is 0 Å². The van der Waals surface area contributed by atoms with Crippen LogP contribution >= 0.6 is 15.9 Å². The van der Waals surface area contributed by atoms with Crippen LogP contribution in [0, 0.1) is 22.7 Å². The zero-order valence-corrected chi connectivity index (χ0v) is 17.3. The maximum Gasteiger partial charge on any atom is 0.127 e. The van der Waals surface area contributed by atoms with Crippen LogP contribution in [0.1, 0.15) is 57.4 Å². The van der Waals surface area contributed by atoms with E-state index in [4.69, 9.17) is 4.74 Å². The second-order valence-electron chi connectivity index (χ2n) is 9.65. The molecule has 0 atom stereocenters. The van der Waals surface area contributed by atoms with Crippen LogP contribution in [0.2, 0.25) is 0 Å². The van der Waals surface area contributed by atoms with Crippen LogP contribution < -0.4 is 4.74 Å². The van der Waals surface area contributed by atoms with Gasteiger partial charge in [0.15, 0.2) is 0 Å². The second kappa shape index (κ2) is 5.86. The van der Waals surface area contributed by atoms with E-state index < -0.39 is 0 Å². The third-order valence-corrected chi connectivity index (χ3v) is 7.87. The van der Waals surface area contributed by atoms with Crippen LogP contribution in [0.3, 0.4) is 0 Å². The Balaban J connectivity index is 1.41. The Labute approximate surface area is 165 Å². The highest BCUT2D eigenvalue weighted by atomic mass is 79.9. The Morgan fingerprint density at radius 1 is 0.769 bits per heavy atom. The first kappa shape index (κ1) is 16.9. The fourth-order valence-electron chi connectivity index (χ4n) is 7.24. The first-order valence-electron chi connectivity index (χ1n) is 9.97. The summed E-state index contributed by atoms with van der Waals surface area (Å²) in [6.45, 7) is 5.14. The summed E-state index contributed by atoms with van der Waals surface area (Å²) in [5.74, 6) is 4.47. The number of hydrogen-bond acceptors (Lipinski definition) is 1. The lowest BCUT2D eigenvalue weighted by atomic mass is 9.39. The van der Waals surface area contributed by atoms with Gasteiger partial charge in [-0.1, -0.05) is 41.9 Å². The fourth-order valence-corrected chi connectivity index (χ4v) is 7.50. The average molecular weight is 411 g/mol. The summed E-state index contributed by atoms with van der Waals surface area (Å²) < 4.78 is 7.10. The van der Waals surface area contributed by atoms with Gasteiger partial charge in [-0.05, 0) is 103 Å². The van der Waals surface area contributed by atoms with Gasteiger partial charge in [-0.15, -0.1) is 0 Å². The monoisotopic (exact) mass is 410 g/mol. The number of hydrogen-bond donors (Lipinski definition) is 0. The maximum absolute atomic E-state index is 6.02. The summed E-state index contributed by atoms with van der Waals surface area (Å²) in [6.07, 6.45) is 7.22. The quantitative estimate of drug-likeness (QED) is 0.506. The van der Waals surface area contributed by atoms with Gasteiger partial charge in [0.2, 0.25) is 0 Å². The Bertz CT molecular complexity index is 771. The molecule has 0 radical (unpaired) electrons. The molecule has 136 valence electrons. The highest BCUT2D eigenvalue weighted by Crippen LogP contribution is 2.70. The molecule has 2 aromatic rings. The lowest BCUT2D eigenvalue weighted by molar-refractivity contribution is -0.116. The summed E-state index contributed by atoms with van der Waals surface area (Å²) in [6, 6.07) is 17.0. The van der Waals surface area contributed by atoms with E-state index in [0.717, 1.165) is 27.8 Å². The molecule has 4 bridgehead atoms. The summed E-state index contributed by atoms with van der Waals surface area (Å²) >= 11 is 3.47. The number of halogens is 1. The van der Waals surface area contributed by atoms with Gasteiger partial charge in [-0.3, -0.25) is 0 Å². The van der Waals surface area contributed by atoms with Gasteiger partial charge in [-0.25, -0.2) is 0 Å². The van der Waals surface area contributed by atoms with E-state index >= 15 is 0 Å². The summed E-state index contributed by atoms with van der Waals surface area (Å²) in [7, 11) is 0. The van der Waals surface area contributed by atoms with Gasteiger partial charge in [0.25, 0.3) is 0 Å². The smallest absolute Gasteiger partial charge is 0.127 e. The molecule has 4 fully saturated rings. The molecule has 2 heteroatoms. The molecule has 0 unspecified atom stereocenters. The number of benzene rings is 2. The van der Waals surface area contributed by atoms with Crippen molar-refractivity contribution in [3.05, 3.63) is 58.6 Å². The Morgan fingerprint density at radius 2 is 1.23 bits per heavy atom.